The molecule has 0 aromatic rings. The molecule has 0 aliphatic carbocycles. The summed E-state index contributed by atoms with van der Waals surface area (Å²) in [5, 5.41) is 10.7. The van der Waals surface area contributed by atoms with Gasteiger partial charge in [0, 0.05) is 25.7 Å². The molecule has 630 valence electrons. The molecule has 0 spiro atoms. The maximum Gasteiger partial charge on any atom is 0.472 e. The van der Waals surface area contributed by atoms with Crippen molar-refractivity contribution >= 4 is 39.5 Å². The van der Waals surface area contributed by atoms with E-state index >= 15 is 0 Å². The zero-order chi connectivity index (χ0) is 77.6. The first kappa shape index (κ1) is 104. The SMILES string of the molecule is CCCCCCCCCCCCCCCCCCCCCCCCC(=O)O[C@H](COC(=O)CCCCCCCCCCCCCCCCCCCC)COP(=O)(O)OC[C@@H](O)COP(=O)(O)OC[C@@H](COC(=O)CCCCCCCCC(C)C)OC(=O)CCCCCCCCCCCCCCCCCCC. The number of rotatable bonds is 87. The fourth-order valence-corrected chi connectivity index (χ4v) is 15.2. The van der Waals surface area contributed by atoms with Gasteiger partial charge in [0.05, 0.1) is 26.4 Å². The van der Waals surface area contributed by atoms with Crippen LogP contribution in [0.5, 0.6) is 0 Å². The Morgan fingerprint density at radius 3 is 0.642 bits per heavy atom. The average Bonchev–Trinajstić information content (AvgIpc) is 0.903. The number of esters is 4. The number of unbranched alkanes of at least 4 members (excludes halogenated alkanes) is 59. The number of ether oxygens (including phenoxy) is 4. The van der Waals surface area contributed by atoms with Crippen molar-refractivity contribution in [3.05, 3.63) is 0 Å². The van der Waals surface area contributed by atoms with Crippen molar-refractivity contribution in [1.82, 2.24) is 0 Å². The minimum Gasteiger partial charge on any atom is -0.462 e. The molecule has 5 atom stereocenters. The van der Waals surface area contributed by atoms with Crippen LogP contribution in [0.3, 0.4) is 0 Å². The fourth-order valence-electron chi connectivity index (χ4n) is 13.6. The molecule has 3 N–H and O–H groups in total. The molecular weight excluding hydrogens is 1380 g/mol. The molecule has 0 rings (SSSR count). The van der Waals surface area contributed by atoms with E-state index in [1.54, 1.807) is 0 Å². The third kappa shape index (κ3) is 80.1. The standard InChI is InChI=1S/C87H170O17P2/c1-6-9-12-15-18-21-24-27-30-33-35-36-37-38-41-44-47-50-53-56-63-67-72-86(91)103-82(76-97-84(89)70-65-60-54-51-48-45-42-40-34-31-28-25-22-19-16-13-10-7-2)78-101-105(93,94)99-74-81(88)75-100-106(95,96)102-79-83(77-98-85(90)71-66-61-58-57-59-64-69-80(4)5)104-87(92)73-68-62-55-52-49-46-43-39-32-29-26-23-20-17-14-11-8-3/h80-83,88H,6-79H2,1-5H3,(H,93,94)(H,95,96)/t81-,82-,83-/m1/s1. The van der Waals surface area contributed by atoms with Gasteiger partial charge in [0.2, 0.25) is 0 Å². The van der Waals surface area contributed by atoms with Gasteiger partial charge < -0.3 is 33.8 Å². The van der Waals surface area contributed by atoms with Crippen LogP contribution in [0.15, 0.2) is 0 Å². The largest absolute Gasteiger partial charge is 0.472 e. The van der Waals surface area contributed by atoms with E-state index < -0.39 is 97.5 Å². The molecule has 19 heteroatoms. The number of aliphatic hydroxyl groups is 1. The lowest BCUT2D eigenvalue weighted by molar-refractivity contribution is -0.161. The molecule has 0 fully saturated rings. The van der Waals surface area contributed by atoms with Crippen molar-refractivity contribution < 1.29 is 80.2 Å². The van der Waals surface area contributed by atoms with Crippen LogP contribution in [0.4, 0.5) is 0 Å². The molecule has 0 saturated carbocycles. The van der Waals surface area contributed by atoms with Crippen LogP contribution in [0, 0.1) is 5.92 Å². The molecule has 106 heavy (non-hydrogen) atoms. The van der Waals surface area contributed by atoms with E-state index in [1.807, 2.05) is 0 Å². The van der Waals surface area contributed by atoms with Crippen LogP contribution < -0.4 is 0 Å². The Hall–Kier alpha value is -1.94. The molecule has 0 aliphatic rings. The normalized spacial score (nSPS) is 13.7. The number of carbonyl (C=O) groups excluding carboxylic acids is 4. The highest BCUT2D eigenvalue weighted by molar-refractivity contribution is 7.47. The van der Waals surface area contributed by atoms with Gasteiger partial charge in [0.15, 0.2) is 12.2 Å². The van der Waals surface area contributed by atoms with Crippen LogP contribution in [0.1, 0.15) is 471 Å². The minimum atomic E-state index is -4.97. The summed E-state index contributed by atoms with van der Waals surface area (Å²) in [5.74, 6) is -1.42. The highest BCUT2D eigenvalue weighted by Gasteiger charge is 2.30. The van der Waals surface area contributed by atoms with E-state index in [2.05, 4.69) is 34.6 Å². The van der Waals surface area contributed by atoms with Crippen molar-refractivity contribution in [3.63, 3.8) is 0 Å². The van der Waals surface area contributed by atoms with Crippen molar-refractivity contribution in [3.8, 4) is 0 Å². The molecule has 0 amide bonds. The number of phosphoric ester groups is 2. The van der Waals surface area contributed by atoms with Gasteiger partial charge in [-0.1, -0.05) is 420 Å². The third-order valence-electron chi connectivity index (χ3n) is 20.5. The van der Waals surface area contributed by atoms with Crippen molar-refractivity contribution in [2.75, 3.05) is 39.6 Å². The van der Waals surface area contributed by atoms with Crippen molar-refractivity contribution in [2.45, 2.75) is 490 Å². The van der Waals surface area contributed by atoms with Crippen LogP contribution in [-0.4, -0.2) is 96.7 Å². The summed E-state index contributed by atoms with van der Waals surface area (Å²) in [5.41, 5.74) is 0. The van der Waals surface area contributed by atoms with Crippen LogP contribution in [0.2, 0.25) is 0 Å². The van der Waals surface area contributed by atoms with E-state index in [1.165, 1.54) is 289 Å². The zero-order valence-electron chi connectivity index (χ0n) is 69.6. The monoisotopic (exact) mass is 1550 g/mol. The molecule has 0 saturated heterocycles. The fraction of sp³-hybridized carbons (Fsp3) is 0.954. The van der Waals surface area contributed by atoms with Crippen LogP contribution >= 0.6 is 15.6 Å². The van der Waals surface area contributed by atoms with Gasteiger partial charge in [-0.3, -0.25) is 37.3 Å². The summed E-state index contributed by atoms with van der Waals surface area (Å²) >= 11 is 0. The van der Waals surface area contributed by atoms with Gasteiger partial charge >= 0.3 is 39.5 Å². The number of aliphatic hydroxyl groups excluding tert-OH is 1. The van der Waals surface area contributed by atoms with Gasteiger partial charge in [-0.05, 0) is 31.6 Å². The quantitative estimate of drug-likeness (QED) is 0.0222. The van der Waals surface area contributed by atoms with E-state index in [-0.39, 0.29) is 25.7 Å². The highest BCUT2D eigenvalue weighted by atomic mass is 31.2. The predicted octanol–water partition coefficient (Wildman–Crippen LogP) is 26.8. The number of hydrogen-bond acceptors (Lipinski definition) is 15. The smallest absolute Gasteiger partial charge is 0.462 e. The summed E-state index contributed by atoms with van der Waals surface area (Å²) in [6.45, 7) is 7.29. The minimum absolute atomic E-state index is 0.108. The van der Waals surface area contributed by atoms with Gasteiger partial charge in [0.1, 0.15) is 19.3 Å². The number of carbonyl (C=O) groups is 4. The summed E-state index contributed by atoms with van der Waals surface area (Å²) < 4.78 is 68.9. The molecule has 0 aromatic carbocycles. The van der Waals surface area contributed by atoms with Gasteiger partial charge in [-0.2, -0.15) is 0 Å². The second-order valence-corrected chi connectivity index (χ2v) is 34.7. The average molecular weight is 1550 g/mol. The lowest BCUT2D eigenvalue weighted by Crippen LogP contribution is -2.30. The maximum absolute atomic E-state index is 13.2. The van der Waals surface area contributed by atoms with Crippen LogP contribution in [0.25, 0.3) is 0 Å². The molecule has 2 unspecified atom stereocenters. The van der Waals surface area contributed by atoms with E-state index in [0.717, 1.165) is 96.3 Å². The Balaban J connectivity index is 5.20. The molecule has 0 aromatic heterocycles. The Kier molecular flexibility index (Phi) is 78.2. The predicted molar refractivity (Wildman–Crippen MR) is 437 cm³/mol. The van der Waals surface area contributed by atoms with E-state index in [0.29, 0.717) is 31.6 Å². The summed E-state index contributed by atoms with van der Waals surface area (Å²) in [4.78, 5) is 73.2. The highest BCUT2D eigenvalue weighted by Crippen LogP contribution is 2.45. The molecule has 0 bridgehead atoms. The van der Waals surface area contributed by atoms with E-state index in [9.17, 15) is 43.2 Å². The summed E-state index contributed by atoms with van der Waals surface area (Å²) in [7, 11) is -9.93. The second-order valence-electron chi connectivity index (χ2n) is 31.8. The molecule has 17 nitrogen and oxygen atoms in total. The molecule has 0 radical (unpaired) electrons. The molecule has 0 aliphatic heterocycles. The lowest BCUT2D eigenvalue weighted by atomic mass is 10.0. The first-order chi connectivity index (χ1) is 51.5. The Labute approximate surface area is 651 Å². The Morgan fingerprint density at radius 2 is 0.434 bits per heavy atom. The van der Waals surface area contributed by atoms with Gasteiger partial charge in [-0.25, -0.2) is 9.13 Å². The van der Waals surface area contributed by atoms with Gasteiger partial charge in [0.25, 0.3) is 0 Å². The van der Waals surface area contributed by atoms with Crippen molar-refractivity contribution in [1.29, 1.82) is 0 Å². The van der Waals surface area contributed by atoms with Crippen molar-refractivity contribution in [2.24, 2.45) is 5.92 Å². The van der Waals surface area contributed by atoms with Gasteiger partial charge in [-0.15, -0.1) is 0 Å². The Bertz CT molecular complexity index is 2010. The summed E-state index contributed by atoms with van der Waals surface area (Å²) in [6.07, 6.45) is 73.9. The maximum atomic E-state index is 13.2. The first-order valence-electron chi connectivity index (χ1n) is 45.1. The second kappa shape index (κ2) is 79.7. The zero-order valence-corrected chi connectivity index (χ0v) is 71.4. The molecule has 0 heterocycles. The Morgan fingerprint density at radius 1 is 0.255 bits per heavy atom. The summed E-state index contributed by atoms with van der Waals surface area (Å²) in [6, 6.07) is 0. The molecular formula is C87H170O17P2. The van der Waals surface area contributed by atoms with Crippen LogP contribution in [-0.2, 0) is 65.4 Å². The van der Waals surface area contributed by atoms with E-state index in [4.69, 9.17) is 37.0 Å². The number of phosphoric acid groups is 2. The third-order valence-corrected chi connectivity index (χ3v) is 22.4. The number of hydrogen-bond donors (Lipinski definition) is 3. The topological polar surface area (TPSA) is 237 Å². The lowest BCUT2D eigenvalue weighted by Gasteiger charge is -2.21. The first-order valence-corrected chi connectivity index (χ1v) is 48.1.